The lowest BCUT2D eigenvalue weighted by atomic mass is 9.94. The lowest BCUT2D eigenvalue weighted by Gasteiger charge is -2.45. The van der Waals surface area contributed by atoms with Crippen LogP contribution in [0.1, 0.15) is 52.9 Å². The zero-order chi connectivity index (χ0) is 26.3. The first kappa shape index (κ1) is 26.0. The summed E-state index contributed by atoms with van der Waals surface area (Å²) >= 11 is 6.15. The Morgan fingerprint density at radius 2 is 1.97 bits per heavy atom. The molecule has 1 aromatic heterocycles. The number of halogens is 2. The number of alkyl halides is 1. The largest absolute Gasteiger partial charge is 0.467 e. The number of hydrogen-bond donors (Lipinski definition) is 0. The molecule has 1 saturated carbocycles. The molecule has 10 heteroatoms. The van der Waals surface area contributed by atoms with Gasteiger partial charge >= 0.3 is 6.09 Å². The van der Waals surface area contributed by atoms with Gasteiger partial charge in [0.1, 0.15) is 23.3 Å². The first-order chi connectivity index (χ1) is 17.7. The van der Waals surface area contributed by atoms with Crippen molar-refractivity contribution in [3.63, 3.8) is 0 Å². The highest BCUT2D eigenvalue weighted by atomic mass is 35.5. The molecule has 1 aliphatic carbocycles. The molecule has 1 aromatic carbocycles. The molecule has 37 heavy (non-hydrogen) atoms. The maximum atomic E-state index is 16.1. The van der Waals surface area contributed by atoms with Crippen LogP contribution in [0.25, 0.3) is 11.3 Å². The molecule has 1 amide bonds. The van der Waals surface area contributed by atoms with Crippen molar-refractivity contribution < 1.29 is 23.4 Å². The van der Waals surface area contributed by atoms with Crippen molar-refractivity contribution in [3.8, 4) is 17.0 Å². The number of nitrogens with zero attached hydrogens (tertiary/aromatic N) is 4. The highest BCUT2D eigenvalue weighted by molar-refractivity contribution is 6.30. The number of benzene rings is 1. The van der Waals surface area contributed by atoms with E-state index < -0.39 is 23.9 Å². The maximum absolute atomic E-state index is 16.1. The van der Waals surface area contributed by atoms with Crippen LogP contribution in [0.15, 0.2) is 30.6 Å². The second-order valence-electron chi connectivity index (χ2n) is 11.0. The zero-order valence-corrected chi connectivity index (χ0v) is 22.4. The first-order valence-electron chi connectivity index (χ1n) is 12.8. The van der Waals surface area contributed by atoms with Crippen molar-refractivity contribution in [1.29, 1.82) is 0 Å². The monoisotopic (exact) mass is 532 g/mol. The minimum Gasteiger partial charge on any atom is -0.467 e. The van der Waals surface area contributed by atoms with E-state index in [1.165, 1.54) is 0 Å². The van der Waals surface area contributed by atoms with Crippen LogP contribution in [0.2, 0.25) is 5.02 Å². The van der Waals surface area contributed by atoms with Crippen LogP contribution in [0, 0.1) is 0 Å². The molecule has 2 bridgehead atoms. The summed E-state index contributed by atoms with van der Waals surface area (Å²) in [5, 5.41) is 0.542. The fraction of sp³-hybridized carbons (Fsp3) is 0.593. The molecule has 200 valence electrons. The van der Waals surface area contributed by atoms with E-state index in [9.17, 15) is 4.79 Å². The minimum atomic E-state index is -1.20. The number of ether oxygens (including phenoxy) is 3. The predicted octanol–water partition coefficient (Wildman–Crippen LogP) is 5.63. The summed E-state index contributed by atoms with van der Waals surface area (Å²) in [6.45, 7) is 5.58. The van der Waals surface area contributed by atoms with E-state index in [1.54, 1.807) is 36.5 Å². The van der Waals surface area contributed by atoms with Crippen LogP contribution in [-0.4, -0.2) is 70.8 Å². The Bertz CT molecular complexity index is 1120. The SMILES string of the molecule is COCOc1cc(Cl)ccc1-c1cnc(N(C2CC2)[C@@H]2C[C@H]3CC[C@@H]([C@@H]2F)N3C(=O)OC(C)(C)C)cn1. The Kier molecular flexibility index (Phi) is 7.20. The van der Waals surface area contributed by atoms with Crippen molar-refractivity contribution in [2.24, 2.45) is 0 Å². The summed E-state index contributed by atoms with van der Waals surface area (Å²) in [6, 6.07) is 4.65. The predicted molar refractivity (Wildman–Crippen MR) is 139 cm³/mol. The van der Waals surface area contributed by atoms with Gasteiger partial charge in [0, 0.05) is 29.8 Å². The second-order valence-corrected chi connectivity index (χ2v) is 11.5. The molecule has 0 spiro atoms. The van der Waals surface area contributed by atoms with Crippen LogP contribution < -0.4 is 9.64 Å². The average Bonchev–Trinajstić information content (AvgIpc) is 3.61. The Morgan fingerprint density at radius 3 is 2.62 bits per heavy atom. The van der Waals surface area contributed by atoms with Gasteiger partial charge in [-0.1, -0.05) is 11.6 Å². The van der Waals surface area contributed by atoms with Gasteiger partial charge in [-0.25, -0.2) is 14.2 Å². The van der Waals surface area contributed by atoms with Crippen molar-refractivity contribution in [2.45, 2.75) is 88.8 Å². The summed E-state index contributed by atoms with van der Waals surface area (Å²) in [6.07, 6.45) is 5.73. The van der Waals surface area contributed by atoms with Crippen molar-refractivity contribution in [2.75, 3.05) is 18.8 Å². The Morgan fingerprint density at radius 1 is 1.19 bits per heavy atom. The van der Waals surface area contributed by atoms with E-state index in [4.69, 9.17) is 30.8 Å². The number of hydrogen-bond acceptors (Lipinski definition) is 7. The van der Waals surface area contributed by atoms with E-state index in [0.29, 0.717) is 35.1 Å². The van der Waals surface area contributed by atoms with Crippen molar-refractivity contribution >= 4 is 23.5 Å². The molecule has 0 unspecified atom stereocenters. The van der Waals surface area contributed by atoms with E-state index in [-0.39, 0.29) is 24.9 Å². The highest BCUT2D eigenvalue weighted by Crippen LogP contribution is 2.44. The molecule has 5 rings (SSSR count). The number of anilines is 1. The molecule has 4 atom stereocenters. The summed E-state index contributed by atoms with van der Waals surface area (Å²) in [7, 11) is 1.55. The zero-order valence-electron chi connectivity index (χ0n) is 21.7. The molecular formula is C27H34ClFN4O4. The average molecular weight is 533 g/mol. The standard InChI is InChI=1S/C27H34ClFN4O4/c1-27(2,3)37-26(34)33-18-8-10-21(33)25(29)22(12-18)32(17-6-7-17)24-14-30-20(13-31-24)19-9-5-16(28)11-23(19)36-15-35-4/h5,9,11,13-14,17-18,21-22,25H,6-8,10,12,15H2,1-4H3/t18-,21+,22-,25+/m1/s1. The van der Waals surface area contributed by atoms with E-state index in [2.05, 4.69) is 9.88 Å². The molecule has 0 N–H and O–H groups in total. The van der Waals surface area contributed by atoms with Gasteiger partial charge < -0.3 is 19.1 Å². The van der Waals surface area contributed by atoms with Crippen LogP contribution in [0.3, 0.4) is 0 Å². The number of fused-ring (bicyclic) bond motifs is 2. The van der Waals surface area contributed by atoms with Gasteiger partial charge in [-0.05, 0) is 71.1 Å². The van der Waals surface area contributed by atoms with Gasteiger partial charge in [-0.3, -0.25) is 9.88 Å². The van der Waals surface area contributed by atoms with E-state index >= 15 is 4.39 Å². The van der Waals surface area contributed by atoms with Crippen LogP contribution >= 0.6 is 11.6 Å². The number of carbonyl (C=O) groups is 1. The normalized spacial score (nSPS) is 25.2. The number of amides is 1. The van der Waals surface area contributed by atoms with Crippen LogP contribution in [-0.2, 0) is 9.47 Å². The van der Waals surface area contributed by atoms with Gasteiger partial charge in [0.05, 0.1) is 30.2 Å². The summed E-state index contributed by atoms with van der Waals surface area (Å²) in [5.74, 6) is 1.20. The molecule has 2 aliphatic heterocycles. The Balaban J connectivity index is 1.37. The fourth-order valence-electron chi connectivity index (χ4n) is 5.51. The van der Waals surface area contributed by atoms with Crippen LogP contribution in [0.4, 0.5) is 15.0 Å². The number of carbonyl (C=O) groups excluding carboxylic acids is 1. The molecule has 0 radical (unpaired) electrons. The smallest absolute Gasteiger partial charge is 0.410 e. The van der Waals surface area contributed by atoms with Crippen molar-refractivity contribution in [3.05, 3.63) is 35.6 Å². The quantitative estimate of drug-likeness (QED) is 0.428. The Hall–Kier alpha value is -2.65. The number of rotatable bonds is 7. The number of piperidine rings is 1. The van der Waals surface area contributed by atoms with Gasteiger partial charge in [0.2, 0.25) is 0 Å². The minimum absolute atomic E-state index is 0.0418. The molecule has 2 saturated heterocycles. The summed E-state index contributed by atoms with van der Waals surface area (Å²) in [4.78, 5) is 26.0. The molecule has 3 aliphatic rings. The van der Waals surface area contributed by atoms with E-state index in [0.717, 1.165) is 24.8 Å². The lowest BCUT2D eigenvalue weighted by Crippen LogP contribution is -2.60. The first-order valence-corrected chi connectivity index (χ1v) is 13.2. The maximum Gasteiger partial charge on any atom is 0.410 e. The second kappa shape index (κ2) is 10.3. The third kappa shape index (κ3) is 5.48. The lowest BCUT2D eigenvalue weighted by molar-refractivity contribution is -0.0108. The van der Waals surface area contributed by atoms with Crippen molar-refractivity contribution in [1.82, 2.24) is 14.9 Å². The molecule has 3 fully saturated rings. The van der Waals surface area contributed by atoms with Crippen LogP contribution in [0.5, 0.6) is 5.75 Å². The van der Waals surface area contributed by atoms with Gasteiger partial charge in [0.15, 0.2) is 6.79 Å². The Labute approximate surface area is 222 Å². The number of methoxy groups -OCH3 is 1. The molecule has 8 nitrogen and oxygen atoms in total. The molecular weight excluding hydrogens is 499 g/mol. The summed E-state index contributed by atoms with van der Waals surface area (Å²) < 4.78 is 32.4. The van der Waals surface area contributed by atoms with Gasteiger partial charge in [-0.15, -0.1) is 0 Å². The van der Waals surface area contributed by atoms with Gasteiger partial charge in [-0.2, -0.15) is 0 Å². The molecule has 2 aromatic rings. The highest BCUT2D eigenvalue weighted by Gasteiger charge is 2.54. The third-order valence-corrected chi connectivity index (χ3v) is 7.39. The summed E-state index contributed by atoms with van der Waals surface area (Å²) in [5.41, 5.74) is 0.749. The van der Waals surface area contributed by atoms with Gasteiger partial charge in [0.25, 0.3) is 0 Å². The van der Waals surface area contributed by atoms with E-state index in [1.807, 2.05) is 26.8 Å². The topological polar surface area (TPSA) is 77.0 Å². The number of aromatic nitrogens is 2. The molecule has 3 heterocycles. The third-order valence-electron chi connectivity index (χ3n) is 7.15. The fourth-order valence-corrected chi connectivity index (χ4v) is 5.67.